The minimum absolute atomic E-state index is 0.0537. The van der Waals surface area contributed by atoms with Crippen molar-refractivity contribution in [1.82, 2.24) is 10.2 Å². The van der Waals surface area contributed by atoms with Crippen LogP contribution in [0.5, 0.6) is 0 Å². The average Bonchev–Trinajstić information content (AvgIpc) is 2.49. The number of hydrogen-bond donors (Lipinski definition) is 1. The summed E-state index contributed by atoms with van der Waals surface area (Å²) in [6.45, 7) is 2.90. The summed E-state index contributed by atoms with van der Waals surface area (Å²) in [5.74, 6) is -2.03. The molecule has 0 aromatic heterocycles. The van der Waals surface area contributed by atoms with Gasteiger partial charge in [0.15, 0.2) is 0 Å². The van der Waals surface area contributed by atoms with E-state index < -0.39 is 23.1 Å². The van der Waals surface area contributed by atoms with Crippen molar-refractivity contribution in [2.45, 2.75) is 38.6 Å². The van der Waals surface area contributed by atoms with Crippen LogP contribution < -0.4 is 5.32 Å². The molecule has 0 bridgehead atoms. The quantitative estimate of drug-likeness (QED) is 0.926. The molecule has 3 nitrogen and oxygen atoms in total. The predicted molar refractivity (Wildman–Crippen MR) is 78.3 cm³/mol. The maximum Gasteiger partial charge on any atom is 0.260 e. The number of likely N-dealkylation sites (tertiary alicyclic amines) is 1. The predicted octanol–water partition coefficient (Wildman–Crippen LogP) is 2.88. The zero-order chi connectivity index (χ0) is 15.4. The van der Waals surface area contributed by atoms with E-state index in [-0.39, 0.29) is 6.04 Å². The van der Waals surface area contributed by atoms with Gasteiger partial charge in [-0.1, -0.05) is 6.07 Å². The first-order valence-electron chi connectivity index (χ1n) is 7.46. The fourth-order valence-corrected chi connectivity index (χ4v) is 2.88. The Kier molecular flexibility index (Phi) is 5.28. The van der Waals surface area contributed by atoms with E-state index in [2.05, 4.69) is 5.32 Å². The second kappa shape index (κ2) is 6.98. The van der Waals surface area contributed by atoms with Gasteiger partial charge in [0.25, 0.3) is 5.91 Å². The lowest BCUT2D eigenvalue weighted by molar-refractivity contribution is 0.0592. The van der Waals surface area contributed by atoms with Crippen molar-refractivity contribution in [3.8, 4) is 0 Å². The first-order valence-corrected chi connectivity index (χ1v) is 7.46. The lowest BCUT2D eigenvalue weighted by Crippen LogP contribution is -2.45. The summed E-state index contributed by atoms with van der Waals surface area (Å²) in [5, 5.41) is 3.06. The molecule has 0 aliphatic carbocycles. The monoisotopic (exact) mass is 296 g/mol. The van der Waals surface area contributed by atoms with Crippen molar-refractivity contribution in [3.63, 3.8) is 0 Å². The second-order valence-corrected chi connectivity index (χ2v) is 5.59. The fourth-order valence-electron chi connectivity index (χ4n) is 2.88. The fraction of sp³-hybridized carbons (Fsp3) is 0.562. The van der Waals surface area contributed by atoms with Crippen molar-refractivity contribution >= 4 is 5.91 Å². The lowest BCUT2D eigenvalue weighted by atomic mass is 9.97. The number of rotatable bonds is 4. The van der Waals surface area contributed by atoms with E-state index in [9.17, 15) is 13.6 Å². The molecule has 1 N–H and O–H groups in total. The Bertz CT molecular complexity index is 519. The number of halogens is 2. The molecule has 1 atom stereocenters. The molecule has 1 fully saturated rings. The van der Waals surface area contributed by atoms with Crippen molar-refractivity contribution in [1.29, 1.82) is 0 Å². The zero-order valence-corrected chi connectivity index (χ0v) is 12.6. The first kappa shape index (κ1) is 15.9. The number of carbonyl (C=O) groups is 1. The summed E-state index contributed by atoms with van der Waals surface area (Å²) in [6, 6.07) is 2.58. The van der Waals surface area contributed by atoms with Crippen LogP contribution in [0.2, 0.25) is 0 Å². The minimum atomic E-state index is -0.777. The van der Waals surface area contributed by atoms with E-state index in [1.165, 1.54) is 6.07 Å². The van der Waals surface area contributed by atoms with Crippen LogP contribution in [0, 0.1) is 18.6 Å². The number of aryl methyl sites for hydroxylation is 1. The maximum absolute atomic E-state index is 14.1. The number of amides is 1. The van der Waals surface area contributed by atoms with Gasteiger partial charge in [0.05, 0.1) is 0 Å². The van der Waals surface area contributed by atoms with Gasteiger partial charge < -0.3 is 10.2 Å². The molecule has 116 valence electrons. The largest absolute Gasteiger partial charge is 0.335 e. The van der Waals surface area contributed by atoms with Gasteiger partial charge in [0.1, 0.15) is 17.2 Å². The number of nitrogens with one attached hydrogen (secondary N) is 1. The van der Waals surface area contributed by atoms with Crippen molar-refractivity contribution in [2.24, 2.45) is 0 Å². The average molecular weight is 296 g/mol. The van der Waals surface area contributed by atoms with Crippen molar-refractivity contribution < 1.29 is 13.6 Å². The van der Waals surface area contributed by atoms with Crippen LogP contribution >= 0.6 is 0 Å². The molecule has 1 heterocycles. The minimum Gasteiger partial charge on any atom is -0.335 e. The number of benzene rings is 1. The van der Waals surface area contributed by atoms with Crippen LogP contribution in [0.15, 0.2) is 12.1 Å². The second-order valence-electron chi connectivity index (χ2n) is 5.59. The van der Waals surface area contributed by atoms with E-state index in [4.69, 9.17) is 0 Å². The molecular weight excluding hydrogens is 274 g/mol. The Morgan fingerprint density at radius 2 is 2.14 bits per heavy atom. The van der Waals surface area contributed by atoms with Crippen LogP contribution in [-0.4, -0.2) is 37.0 Å². The summed E-state index contributed by atoms with van der Waals surface area (Å²) in [6.07, 6.45) is 3.63. The summed E-state index contributed by atoms with van der Waals surface area (Å²) in [4.78, 5) is 14.2. The number of carbonyl (C=O) groups excluding carboxylic acids is 1. The number of hydrogen-bond acceptors (Lipinski definition) is 2. The molecule has 1 aliphatic rings. The molecule has 1 aromatic carbocycles. The number of nitrogens with zero attached hydrogens (tertiary/aromatic N) is 1. The van der Waals surface area contributed by atoms with E-state index in [0.717, 1.165) is 38.3 Å². The van der Waals surface area contributed by atoms with E-state index in [1.807, 2.05) is 7.05 Å². The van der Waals surface area contributed by atoms with Gasteiger partial charge in [0, 0.05) is 12.6 Å². The van der Waals surface area contributed by atoms with Gasteiger partial charge in [-0.25, -0.2) is 8.78 Å². The Labute approximate surface area is 124 Å². The van der Waals surface area contributed by atoms with Gasteiger partial charge in [-0.05, 0) is 57.8 Å². The molecule has 2 rings (SSSR count). The highest BCUT2D eigenvalue weighted by Crippen LogP contribution is 2.25. The Hall–Kier alpha value is -1.49. The third-order valence-corrected chi connectivity index (χ3v) is 4.11. The van der Waals surface area contributed by atoms with Gasteiger partial charge >= 0.3 is 0 Å². The highest BCUT2D eigenvalue weighted by atomic mass is 19.1. The Morgan fingerprint density at radius 1 is 1.38 bits per heavy atom. The van der Waals surface area contributed by atoms with E-state index in [1.54, 1.807) is 11.8 Å². The van der Waals surface area contributed by atoms with Crippen LogP contribution in [-0.2, 0) is 0 Å². The third kappa shape index (κ3) is 3.40. The molecule has 0 radical (unpaired) electrons. The molecule has 5 heteroatoms. The summed E-state index contributed by atoms with van der Waals surface area (Å²) in [5.41, 5.74) is -0.116. The van der Waals surface area contributed by atoms with Crippen LogP contribution in [0.3, 0.4) is 0 Å². The molecular formula is C16H22F2N2O. The number of piperidine rings is 1. The molecule has 0 saturated carbocycles. The zero-order valence-electron chi connectivity index (χ0n) is 12.6. The molecule has 1 aromatic rings. The topological polar surface area (TPSA) is 32.3 Å². The summed E-state index contributed by atoms with van der Waals surface area (Å²) in [7, 11) is 1.86. The van der Waals surface area contributed by atoms with Gasteiger partial charge in [0.2, 0.25) is 0 Å². The summed E-state index contributed by atoms with van der Waals surface area (Å²) >= 11 is 0. The van der Waals surface area contributed by atoms with Gasteiger partial charge in [-0.2, -0.15) is 0 Å². The molecule has 1 aliphatic heterocycles. The van der Waals surface area contributed by atoms with Gasteiger partial charge in [-0.3, -0.25) is 4.79 Å². The van der Waals surface area contributed by atoms with E-state index >= 15 is 0 Å². The first-order chi connectivity index (χ1) is 10.1. The highest BCUT2D eigenvalue weighted by Gasteiger charge is 2.30. The lowest BCUT2D eigenvalue weighted by Gasteiger charge is -2.36. The SMILES string of the molecule is CNCCC1CCCCN1C(=O)c1c(F)ccc(C)c1F. The van der Waals surface area contributed by atoms with Crippen LogP contribution in [0.25, 0.3) is 0 Å². The van der Waals surface area contributed by atoms with E-state index in [0.29, 0.717) is 12.1 Å². The third-order valence-electron chi connectivity index (χ3n) is 4.11. The molecule has 0 spiro atoms. The Morgan fingerprint density at radius 3 is 2.86 bits per heavy atom. The van der Waals surface area contributed by atoms with Crippen LogP contribution in [0.4, 0.5) is 8.78 Å². The molecule has 21 heavy (non-hydrogen) atoms. The van der Waals surface area contributed by atoms with Crippen LogP contribution in [0.1, 0.15) is 41.6 Å². The smallest absolute Gasteiger partial charge is 0.260 e. The van der Waals surface area contributed by atoms with Gasteiger partial charge in [-0.15, -0.1) is 0 Å². The van der Waals surface area contributed by atoms with Crippen molar-refractivity contribution in [3.05, 3.63) is 34.9 Å². The summed E-state index contributed by atoms with van der Waals surface area (Å²) < 4.78 is 28.1. The standard InChI is InChI=1S/C16H22F2N2O/c1-11-6-7-13(17)14(15(11)18)16(21)20-10-4-3-5-12(20)8-9-19-2/h6-7,12,19H,3-5,8-10H2,1-2H3. The molecule has 1 saturated heterocycles. The molecule has 1 amide bonds. The molecule has 1 unspecified atom stereocenters. The highest BCUT2D eigenvalue weighted by molar-refractivity contribution is 5.95. The van der Waals surface area contributed by atoms with Crippen molar-refractivity contribution in [2.75, 3.05) is 20.1 Å². The Balaban J connectivity index is 2.27. The maximum atomic E-state index is 14.1. The normalized spacial score (nSPS) is 18.9.